The van der Waals surface area contributed by atoms with Crippen LogP contribution >= 0.6 is 0 Å². The Bertz CT molecular complexity index is 555. The van der Waals surface area contributed by atoms with E-state index in [4.69, 9.17) is 4.74 Å². The second-order valence-corrected chi connectivity index (χ2v) is 7.38. The van der Waals surface area contributed by atoms with Crippen LogP contribution in [-0.2, 0) is 6.42 Å². The summed E-state index contributed by atoms with van der Waals surface area (Å²) in [5.41, 5.74) is 3.15. The fourth-order valence-electron chi connectivity index (χ4n) is 5.52. The van der Waals surface area contributed by atoms with E-state index in [1.165, 1.54) is 19.3 Å². The molecular weight excluding hydrogens is 262 g/mol. The molecule has 5 atom stereocenters. The Balaban J connectivity index is 1.50. The normalized spacial score (nSPS) is 37.4. The number of aromatic nitrogens is 1. The molecule has 0 saturated heterocycles. The number of aliphatic hydroxyl groups excluding tert-OH is 1. The second-order valence-electron chi connectivity index (χ2n) is 7.38. The molecule has 4 rings (SSSR count). The van der Waals surface area contributed by atoms with Gasteiger partial charge in [0.1, 0.15) is 5.75 Å². The van der Waals surface area contributed by atoms with Crippen molar-refractivity contribution >= 4 is 0 Å². The number of aryl methyl sites for hydroxylation is 1. The van der Waals surface area contributed by atoms with E-state index in [0.29, 0.717) is 12.3 Å². The molecule has 0 amide bonds. The molecule has 3 aliphatic rings. The molecule has 3 fully saturated rings. The van der Waals surface area contributed by atoms with Crippen LogP contribution < -0.4 is 4.74 Å². The molecular formula is C18H25NO2. The highest BCUT2D eigenvalue weighted by atomic mass is 16.5. The van der Waals surface area contributed by atoms with Crippen molar-refractivity contribution < 1.29 is 9.84 Å². The lowest BCUT2D eigenvalue weighted by Gasteiger charge is -2.17. The van der Waals surface area contributed by atoms with Crippen molar-refractivity contribution in [3.05, 3.63) is 23.0 Å². The zero-order valence-corrected chi connectivity index (χ0v) is 13.2. The Kier molecular flexibility index (Phi) is 3.04. The maximum Gasteiger partial charge on any atom is 0.128 e. The van der Waals surface area contributed by atoms with Gasteiger partial charge in [-0.3, -0.25) is 4.98 Å². The summed E-state index contributed by atoms with van der Waals surface area (Å²) >= 11 is 0. The Morgan fingerprint density at radius 2 is 1.95 bits per heavy atom. The molecule has 1 heterocycles. The number of rotatable bonds is 4. The topological polar surface area (TPSA) is 42.4 Å². The summed E-state index contributed by atoms with van der Waals surface area (Å²) in [4.78, 5) is 4.54. The first-order valence-corrected chi connectivity index (χ1v) is 8.29. The van der Waals surface area contributed by atoms with Gasteiger partial charge in [-0.15, -0.1) is 0 Å². The minimum Gasteiger partial charge on any atom is -0.496 e. The van der Waals surface area contributed by atoms with Crippen LogP contribution in [-0.4, -0.2) is 23.3 Å². The van der Waals surface area contributed by atoms with Gasteiger partial charge in [-0.2, -0.15) is 0 Å². The predicted molar refractivity (Wildman–Crippen MR) is 81.3 cm³/mol. The lowest BCUT2D eigenvalue weighted by Crippen LogP contribution is -2.20. The SMILES string of the molecule is COc1c(C)cnc(CC(O)C2C3C4CCC(C4)C23)c1C. The van der Waals surface area contributed by atoms with Gasteiger partial charge in [-0.25, -0.2) is 0 Å². The molecule has 114 valence electrons. The first kappa shape index (κ1) is 13.6. The summed E-state index contributed by atoms with van der Waals surface area (Å²) in [6.07, 6.45) is 6.58. The van der Waals surface area contributed by atoms with Crippen LogP contribution in [0.3, 0.4) is 0 Å². The number of aliphatic hydroxyl groups is 1. The van der Waals surface area contributed by atoms with Gasteiger partial charge in [0.25, 0.3) is 0 Å². The van der Waals surface area contributed by atoms with Crippen molar-refractivity contribution in [2.45, 2.75) is 45.6 Å². The standard InChI is InChI=1S/C18H25NO2/c1-9-8-19-13(10(2)18(9)21-3)7-14(20)17-15-11-4-5-12(6-11)16(15)17/h8,11-12,14-17,20H,4-7H2,1-3H3. The molecule has 3 saturated carbocycles. The molecule has 0 spiro atoms. The monoisotopic (exact) mass is 287 g/mol. The van der Waals surface area contributed by atoms with Crippen LogP contribution in [0.15, 0.2) is 6.20 Å². The molecule has 5 unspecified atom stereocenters. The van der Waals surface area contributed by atoms with Gasteiger partial charge in [0.05, 0.1) is 13.2 Å². The van der Waals surface area contributed by atoms with Crippen LogP contribution in [0.2, 0.25) is 0 Å². The number of hydrogen-bond donors (Lipinski definition) is 1. The fourth-order valence-corrected chi connectivity index (χ4v) is 5.52. The summed E-state index contributed by atoms with van der Waals surface area (Å²) < 4.78 is 5.47. The van der Waals surface area contributed by atoms with Crippen LogP contribution in [0.25, 0.3) is 0 Å². The Morgan fingerprint density at radius 1 is 1.29 bits per heavy atom. The first-order valence-electron chi connectivity index (χ1n) is 8.29. The van der Waals surface area contributed by atoms with Crippen LogP contribution in [0, 0.1) is 43.4 Å². The summed E-state index contributed by atoms with van der Waals surface area (Å²) in [6, 6.07) is 0. The highest BCUT2D eigenvalue weighted by Gasteiger charge is 2.66. The smallest absolute Gasteiger partial charge is 0.128 e. The lowest BCUT2D eigenvalue weighted by molar-refractivity contribution is 0.127. The fraction of sp³-hybridized carbons (Fsp3) is 0.722. The summed E-state index contributed by atoms with van der Waals surface area (Å²) in [6.45, 7) is 4.07. The van der Waals surface area contributed by atoms with Crippen LogP contribution in [0.4, 0.5) is 0 Å². The van der Waals surface area contributed by atoms with E-state index in [-0.39, 0.29) is 6.10 Å². The molecule has 1 aromatic rings. The van der Waals surface area contributed by atoms with E-state index >= 15 is 0 Å². The maximum atomic E-state index is 10.7. The zero-order valence-electron chi connectivity index (χ0n) is 13.2. The second kappa shape index (κ2) is 4.70. The third kappa shape index (κ3) is 1.93. The molecule has 0 aliphatic heterocycles. The molecule has 21 heavy (non-hydrogen) atoms. The summed E-state index contributed by atoms with van der Waals surface area (Å²) in [5.74, 6) is 4.95. The van der Waals surface area contributed by atoms with Crippen molar-refractivity contribution in [3.8, 4) is 5.75 Å². The van der Waals surface area contributed by atoms with Gasteiger partial charge in [-0.1, -0.05) is 0 Å². The average Bonchev–Trinajstić information content (AvgIpc) is 2.91. The zero-order chi connectivity index (χ0) is 14.7. The molecule has 3 nitrogen and oxygen atoms in total. The van der Waals surface area contributed by atoms with E-state index in [0.717, 1.165) is 46.2 Å². The minimum absolute atomic E-state index is 0.220. The van der Waals surface area contributed by atoms with Gasteiger partial charge in [-0.05, 0) is 62.7 Å². The van der Waals surface area contributed by atoms with Gasteiger partial charge in [0.2, 0.25) is 0 Å². The number of hydrogen-bond acceptors (Lipinski definition) is 3. The number of nitrogens with zero attached hydrogens (tertiary/aromatic N) is 1. The Morgan fingerprint density at radius 3 is 2.57 bits per heavy atom. The van der Waals surface area contributed by atoms with E-state index in [1.807, 2.05) is 13.1 Å². The molecule has 1 N–H and O–H groups in total. The first-order chi connectivity index (χ1) is 10.1. The predicted octanol–water partition coefficient (Wildman–Crippen LogP) is 2.90. The molecule has 1 aromatic heterocycles. The highest BCUT2D eigenvalue weighted by Crippen LogP contribution is 2.70. The van der Waals surface area contributed by atoms with E-state index in [9.17, 15) is 5.11 Å². The third-order valence-electron chi connectivity index (χ3n) is 6.39. The molecule has 2 bridgehead atoms. The molecule has 0 radical (unpaired) electrons. The quantitative estimate of drug-likeness (QED) is 0.926. The van der Waals surface area contributed by atoms with E-state index < -0.39 is 0 Å². The molecule has 3 aliphatic carbocycles. The van der Waals surface area contributed by atoms with Crippen LogP contribution in [0.1, 0.15) is 36.1 Å². The number of ether oxygens (including phenoxy) is 1. The minimum atomic E-state index is -0.220. The van der Waals surface area contributed by atoms with Crippen molar-refractivity contribution in [2.24, 2.45) is 29.6 Å². The van der Waals surface area contributed by atoms with Gasteiger partial charge >= 0.3 is 0 Å². The van der Waals surface area contributed by atoms with E-state index in [1.54, 1.807) is 7.11 Å². The highest BCUT2D eigenvalue weighted by molar-refractivity contribution is 5.41. The van der Waals surface area contributed by atoms with Gasteiger partial charge in [0, 0.05) is 29.4 Å². The third-order valence-corrected chi connectivity index (χ3v) is 6.39. The lowest BCUT2D eigenvalue weighted by atomic mass is 9.95. The number of pyridine rings is 1. The molecule has 0 aromatic carbocycles. The summed E-state index contributed by atoms with van der Waals surface area (Å²) in [5, 5.41) is 10.7. The van der Waals surface area contributed by atoms with Crippen molar-refractivity contribution in [3.63, 3.8) is 0 Å². The van der Waals surface area contributed by atoms with Gasteiger partial charge < -0.3 is 9.84 Å². The maximum absolute atomic E-state index is 10.7. The number of methoxy groups -OCH3 is 1. The van der Waals surface area contributed by atoms with E-state index in [2.05, 4.69) is 11.9 Å². The van der Waals surface area contributed by atoms with Crippen LogP contribution in [0.5, 0.6) is 5.75 Å². The number of fused-ring (bicyclic) bond motifs is 5. The van der Waals surface area contributed by atoms with Crippen molar-refractivity contribution in [2.75, 3.05) is 7.11 Å². The molecule has 3 heteroatoms. The average molecular weight is 287 g/mol. The largest absolute Gasteiger partial charge is 0.496 e. The van der Waals surface area contributed by atoms with Crippen molar-refractivity contribution in [1.82, 2.24) is 4.98 Å². The van der Waals surface area contributed by atoms with Crippen molar-refractivity contribution in [1.29, 1.82) is 0 Å². The van der Waals surface area contributed by atoms with Gasteiger partial charge in [0.15, 0.2) is 0 Å². The Hall–Kier alpha value is -1.09. The Labute approximate surface area is 126 Å². The summed E-state index contributed by atoms with van der Waals surface area (Å²) in [7, 11) is 1.71.